The maximum atomic E-state index is 9.45. The Kier molecular flexibility index (Phi) is 14.4. The molecule has 0 N–H and O–H groups in total. The second-order valence-corrected chi connectivity index (χ2v) is 7.55. The number of hydrogen-bond acceptors (Lipinski definition) is 8. The lowest BCUT2D eigenvalue weighted by molar-refractivity contribution is -0.677. The van der Waals surface area contributed by atoms with Crippen LogP contribution in [-0.2, 0) is 57.4 Å². The fraction of sp³-hybridized carbons (Fsp3) is 0.600. The highest BCUT2D eigenvalue weighted by atomic mass is 32.3. The van der Waals surface area contributed by atoms with Gasteiger partial charge in [0.05, 0.1) is 41.4 Å². The summed E-state index contributed by atoms with van der Waals surface area (Å²) in [4.78, 5) is 0. The maximum absolute atomic E-state index is 9.45. The number of aryl methyl sites for hydroxylation is 4. The molecule has 0 aromatic carbocycles. The van der Waals surface area contributed by atoms with Crippen LogP contribution in [0.4, 0.5) is 0 Å². The Balaban J connectivity index is 0. The van der Waals surface area contributed by atoms with Crippen LogP contribution in [0.1, 0.15) is 19.7 Å². The van der Waals surface area contributed by atoms with Crippen molar-refractivity contribution in [2.45, 2.75) is 20.8 Å². The largest absolute Gasteiger partial charge is 0.726 e. The molecule has 0 unspecified atom stereocenters. The van der Waals surface area contributed by atoms with Crippen LogP contribution in [0.25, 0.3) is 0 Å². The summed E-state index contributed by atoms with van der Waals surface area (Å²) in [5, 5.41) is 0. The smallest absolute Gasteiger partial charge is 0.252 e. The molecule has 0 aliphatic carbocycles. The third-order valence-electron chi connectivity index (χ3n) is 2.96. The topological polar surface area (TPSA) is 150 Å². The molecule has 0 spiro atoms. The van der Waals surface area contributed by atoms with Crippen molar-refractivity contribution in [3.05, 3.63) is 36.9 Å². The van der Waals surface area contributed by atoms with E-state index in [1.807, 2.05) is 68.4 Å². The van der Waals surface area contributed by atoms with Crippen molar-refractivity contribution >= 4 is 20.8 Å². The van der Waals surface area contributed by atoms with Gasteiger partial charge in [-0.2, -0.15) is 0 Å². The Morgan fingerprint density at radius 2 is 1.38 bits per heavy atom. The van der Waals surface area contributed by atoms with Gasteiger partial charge in [-0.3, -0.25) is 8.37 Å². The molecular weight excluding hydrogens is 428 g/mol. The minimum absolute atomic E-state index is 0.0914. The summed E-state index contributed by atoms with van der Waals surface area (Å²) in [6.45, 7) is 4.75. The van der Waals surface area contributed by atoms with Crippen molar-refractivity contribution in [3.63, 3.8) is 0 Å². The van der Waals surface area contributed by atoms with Gasteiger partial charge < -0.3 is 9.11 Å². The highest BCUT2D eigenvalue weighted by molar-refractivity contribution is 7.81. The number of aromatic nitrogens is 4. The van der Waals surface area contributed by atoms with Gasteiger partial charge in [-0.05, 0) is 13.8 Å². The SMILES string of the molecule is CCOS(=O)(=O)[O-].CCOS(=O)(=O)[O-].Cc1n(C)cc[n+]1C.Cn1cc[n+](C)c1. The van der Waals surface area contributed by atoms with Crippen molar-refractivity contribution in [1.29, 1.82) is 0 Å². The number of imidazole rings is 2. The van der Waals surface area contributed by atoms with E-state index in [9.17, 15) is 25.9 Å². The average Bonchev–Trinajstić information content (AvgIpc) is 3.06. The molecule has 0 saturated carbocycles. The summed E-state index contributed by atoms with van der Waals surface area (Å²) in [5.41, 5.74) is 0. The molecule has 2 heterocycles. The Labute approximate surface area is 172 Å². The molecule has 2 rings (SSSR count). The Morgan fingerprint density at radius 1 is 0.931 bits per heavy atom. The molecule has 0 saturated heterocycles. The van der Waals surface area contributed by atoms with Crippen LogP contribution in [0.3, 0.4) is 0 Å². The summed E-state index contributed by atoms with van der Waals surface area (Å²) in [6, 6.07) is 0. The Hall–Kier alpha value is -1.84. The van der Waals surface area contributed by atoms with E-state index in [-0.39, 0.29) is 13.2 Å². The first-order chi connectivity index (χ1) is 13.1. The molecule has 0 fully saturated rings. The van der Waals surface area contributed by atoms with E-state index in [1.165, 1.54) is 19.7 Å². The molecule has 12 nitrogen and oxygen atoms in total. The van der Waals surface area contributed by atoms with Crippen LogP contribution in [-0.4, -0.2) is 48.3 Å². The van der Waals surface area contributed by atoms with E-state index < -0.39 is 20.8 Å². The zero-order chi connectivity index (χ0) is 23.3. The van der Waals surface area contributed by atoms with Crippen molar-refractivity contribution < 1.29 is 43.4 Å². The highest BCUT2D eigenvalue weighted by Gasteiger charge is 2.00. The van der Waals surface area contributed by atoms with E-state index >= 15 is 0 Å². The second kappa shape index (κ2) is 14.2. The first kappa shape index (κ1) is 29.4. The normalized spacial score (nSPS) is 10.7. The van der Waals surface area contributed by atoms with E-state index in [1.54, 1.807) is 0 Å². The maximum Gasteiger partial charge on any atom is 0.252 e. The molecule has 14 heteroatoms. The summed E-state index contributed by atoms with van der Waals surface area (Å²) in [5.74, 6) is 1.27. The van der Waals surface area contributed by atoms with Gasteiger partial charge in [0.25, 0.3) is 5.82 Å². The minimum atomic E-state index is -4.42. The average molecular weight is 459 g/mol. The van der Waals surface area contributed by atoms with Gasteiger partial charge in [0.2, 0.25) is 27.1 Å². The zero-order valence-corrected chi connectivity index (χ0v) is 19.3. The summed E-state index contributed by atoms with van der Waals surface area (Å²) in [7, 11) is -0.774. The third-order valence-corrected chi connectivity index (χ3v) is 4.01. The first-order valence-electron chi connectivity index (χ1n) is 8.28. The Morgan fingerprint density at radius 3 is 1.45 bits per heavy atom. The van der Waals surface area contributed by atoms with Crippen molar-refractivity contribution in [2.75, 3.05) is 13.2 Å². The van der Waals surface area contributed by atoms with Crippen LogP contribution < -0.4 is 9.13 Å². The highest BCUT2D eigenvalue weighted by Crippen LogP contribution is 1.84. The predicted octanol–water partition coefficient (Wildman–Crippen LogP) is -1.03. The third kappa shape index (κ3) is 19.3. The van der Waals surface area contributed by atoms with Gasteiger partial charge >= 0.3 is 0 Å². The van der Waals surface area contributed by atoms with Crippen LogP contribution >= 0.6 is 0 Å². The number of nitrogens with zero attached hydrogens (tertiary/aromatic N) is 4. The van der Waals surface area contributed by atoms with E-state index in [0.29, 0.717) is 0 Å². The van der Waals surface area contributed by atoms with Crippen LogP contribution in [0.5, 0.6) is 0 Å². The minimum Gasteiger partial charge on any atom is -0.726 e. The fourth-order valence-corrected chi connectivity index (χ4v) is 2.11. The molecule has 0 bridgehead atoms. The quantitative estimate of drug-likeness (QED) is 0.321. The lowest BCUT2D eigenvalue weighted by atomic mass is 10.7. The lowest BCUT2D eigenvalue weighted by Crippen LogP contribution is -2.29. The molecule has 0 atom stereocenters. The molecule has 2 aromatic heterocycles. The molecular formula is C15H30N4O8S2. The monoisotopic (exact) mass is 458 g/mol. The van der Waals surface area contributed by atoms with E-state index in [4.69, 9.17) is 0 Å². The van der Waals surface area contributed by atoms with E-state index in [0.717, 1.165) is 0 Å². The van der Waals surface area contributed by atoms with Gasteiger partial charge in [0, 0.05) is 6.92 Å². The van der Waals surface area contributed by atoms with Crippen LogP contribution in [0, 0.1) is 6.92 Å². The fourth-order valence-electron chi connectivity index (χ4n) is 1.53. The lowest BCUT2D eigenvalue weighted by Gasteiger charge is -2.02. The molecule has 170 valence electrons. The first-order valence-corrected chi connectivity index (χ1v) is 10.9. The van der Waals surface area contributed by atoms with Crippen molar-refractivity contribution in [1.82, 2.24) is 9.13 Å². The molecule has 0 aliphatic rings. The standard InChI is InChI=1S/C6H11N2.C5H9N2.2C2H6O4S/c1-6-7(2)4-5-8(6)3;1-6-3-4-7(2)5-6;2*1-2-6-7(3,4)5/h4-5H,1-3H3;3-5H,1-2H3;2*2H2,1H3,(H,3,4,5)/q2*+1;;/p-2. The molecule has 0 amide bonds. The zero-order valence-electron chi connectivity index (χ0n) is 17.7. The van der Waals surface area contributed by atoms with Gasteiger partial charge in [-0.25, -0.2) is 35.1 Å². The van der Waals surface area contributed by atoms with Crippen LogP contribution in [0.2, 0.25) is 0 Å². The van der Waals surface area contributed by atoms with Crippen LogP contribution in [0.15, 0.2) is 31.1 Å². The molecule has 2 aromatic rings. The van der Waals surface area contributed by atoms with Crippen molar-refractivity contribution in [3.8, 4) is 0 Å². The summed E-state index contributed by atoms with van der Waals surface area (Å²) in [6.07, 6.45) is 10.1. The number of rotatable bonds is 4. The summed E-state index contributed by atoms with van der Waals surface area (Å²) < 4.78 is 72.2. The molecule has 29 heavy (non-hydrogen) atoms. The van der Waals surface area contributed by atoms with Crippen molar-refractivity contribution in [2.24, 2.45) is 28.2 Å². The van der Waals surface area contributed by atoms with Gasteiger partial charge in [0.15, 0.2) is 0 Å². The summed E-state index contributed by atoms with van der Waals surface area (Å²) >= 11 is 0. The second-order valence-electron chi connectivity index (χ2n) is 5.44. The number of hydrogen-bond donors (Lipinski definition) is 0. The molecule has 0 radical (unpaired) electrons. The van der Waals surface area contributed by atoms with Gasteiger partial charge in [-0.15, -0.1) is 0 Å². The predicted molar refractivity (Wildman–Crippen MR) is 101 cm³/mol. The van der Waals surface area contributed by atoms with Gasteiger partial charge in [-0.1, -0.05) is 0 Å². The van der Waals surface area contributed by atoms with Gasteiger partial charge in [0.1, 0.15) is 24.8 Å². The van der Waals surface area contributed by atoms with E-state index in [2.05, 4.69) is 24.4 Å². The Bertz CT molecular complexity index is 835. The molecule has 0 aliphatic heterocycles.